The summed E-state index contributed by atoms with van der Waals surface area (Å²) in [5.41, 5.74) is -5.48. The topological polar surface area (TPSA) is 500 Å². The van der Waals surface area contributed by atoms with Gasteiger partial charge in [0.1, 0.15) is 12.2 Å². The second kappa shape index (κ2) is 26.4. The molecule has 0 saturated heterocycles. The number of carboxylic acids is 10. The second-order valence-electron chi connectivity index (χ2n) is 8.05. The van der Waals surface area contributed by atoms with Crippen LogP contribution in [0.3, 0.4) is 0 Å². The third-order valence-corrected chi connectivity index (χ3v) is 4.16. The van der Waals surface area contributed by atoms with Gasteiger partial charge in [0.25, 0.3) is 0 Å². The van der Waals surface area contributed by atoms with E-state index in [0.29, 0.717) is 0 Å². The van der Waals surface area contributed by atoms with Crippen LogP contribution in [0, 0.1) is 0 Å². The van der Waals surface area contributed by atoms with E-state index >= 15 is 0 Å². The molecule has 0 rings (SSSR count). The van der Waals surface area contributed by atoms with Gasteiger partial charge in [0, 0.05) is 0 Å². The van der Waals surface area contributed by atoms with E-state index < -0.39 is 121 Å². The summed E-state index contributed by atoms with van der Waals surface area (Å²) in [6.45, 7) is 0. The van der Waals surface area contributed by atoms with E-state index in [4.69, 9.17) is 71.5 Å². The Hall–Kier alpha value is -3.54. The van der Waals surface area contributed by atoms with Crippen molar-refractivity contribution in [2.24, 2.45) is 0 Å². The van der Waals surface area contributed by atoms with Crippen molar-refractivity contribution in [3.63, 3.8) is 0 Å². The third kappa shape index (κ3) is 26.5. The molecule has 26 nitrogen and oxygen atoms in total. The Morgan fingerprint density at radius 1 is 0.417 bits per heavy atom. The minimum Gasteiger partial charge on any atom is -0.547 e. The molecule has 0 bridgehead atoms. The zero-order valence-electron chi connectivity index (χ0n) is 24.3. The van der Waals surface area contributed by atoms with Crippen molar-refractivity contribution < 1.29 is 189 Å². The van der Waals surface area contributed by atoms with E-state index in [9.17, 15) is 58.2 Å². The summed E-state index contributed by atoms with van der Waals surface area (Å²) >= 11 is 0. The predicted molar refractivity (Wildman–Crippen MR) is 123 cm³/mol. The van der Waals surface area contributed by atoms with Crippen molar-refractivity contribution in [1.29, 1.82) is 0 Å². The van der Waals surface area contributed by atoms with Crippen molar-refractivity contribution in [3.8, 4) is 0 Å². The van der Waals surface area contributed by atoms with Crippen LogP contribution in [0.1, 0.15) is 25.7 Å². The molecular weight excluding hydrogens is 702 g/mol. The van der Waals surface area contributed by atoms with Crippen LogP contribution in [0.5, 0.6) is 0 Å². The Morgan fingerprint density at radius 2 is 0.583 bits per heavy atom. The SMILES string of the molecule is O=C(O)C(O)C(O)C(=O)O.O=C(O)CC(O)(CC(=O)O)C(=O)O.O=C(O)CC(O)(CC(=O)O)C(=O)O.O=C([O-])C(O)C(O)C(=O)[O-].[Na+].[Na+]. The van der Waals surface area contributed by atoms with Gasteiger partial charge in [0.15, 0.2) is 23.4 Å². The maximum atomic E-state index is 10.3. The van der Waals surface area contributed by atoms with E-state index in [2.05, 4.69) is 0 Å². The van der Waals surface area contributed by atoms with Gasteiger partial charge >= 0.3 is 107 Å². The van der Waals surface area contributed by atoms with Gasteiger partial charge in [0.2, 0.25) is 0 Å². The van der Waals surface area contributed by atoms with Gasteiger partial charge in [-0.1, -0.05) is 0 Å². The standard InChI is InChI=1S/2C6H8O7.2C4H6O6.2Na/c2*7-3(8)1-6(13,5(11)12)2-4(9)10;2*5-1(3(7)8)2(6)4(9)10;;/h2*13H,1-2H2,(H,7,8)(H,9,10)(H,11,12);2*1-2,5-6H,(H,7,8)(H,9,10);;/q;;;;2*+1/p-2. The number of carbonyl (C=O) groups excluding carboxylic acids is 2. The summed E-state index contributed by atoms with van der Waals surface area (Å²) in [5, 5.41) is 136. The summed E-state index contributed by atoms with van der Waals surface area (Å²) < 4.78 is 0. The first-order chi connectivity index (χ1) is 20.5. The normalized spacial score (nSPS) is 12.5. The van der Waals surface area contributed by atoms with Gasteiger partial charge in [-0.25, -0.2) is 19.2 Å². The van der Waals surface area contributed by atoms with Crippen LogP contribution in [-0.4, -0.2) is 167 Å². The van der Waals surface area contributed by atoms with E-state index in [1.807, 2.05) is 0 Å². The Balaban J connectivity index is -0.000000122. The van der Waals surface area contributed by atoms with Crippen LogP contribution in [0.25, 0.3) is 0 Å². The zero-order chi connectivity index (χ0) is 37.9. The zero-order valence-corrected chi connectivity index (χ0v) is 28.3. The maximum Gasteiger partial charge on any atom is 1.00 e. The van der Waals surface area contributed by atoms with Crippen molar-refractivity contribution in [2.75, 3.05) is 0 Å². The molecule has 4 atom stereocenters. The molecule has 0 aliphatic heterocycles. The quantitative estimate of drug-likeness (QED) is 0.0656. The molecule has 4 unspecified atom stereocenters. The van der Waals surface area contributed by atoms with E-state index in [-0.39, 0.29) is 59.1 Å². The third-order valence-electron chi connectivity index (χ3n) is 4.16. The maximum absolute atomic E-state index is 10.3. The first-order valence-electron chi connectivity index (χ1n) is 10.9. The summed E-state index contributed by atoms with van der Waals surface area (Å²) in [5.74, 6) is -17.7. The molecular formula is C20H26Na2O26. The van der Waals surface area contributed by atoms with E-state index in [1.165, 1.54) is 0 Å². The number of hydrogen-bond acceptors (Lipinski definition) is 18. The number of hydrogen-bond donors (Lipinski definition) is 14. The van der Waals surface area contributed by atoms with Crippen molar-refractivity contribution in [3.05, 3.63) is 0 Å². The first-order valence-corrected chi connectivity index (χ1v) is 10.9. The number of carboxylic acid groups (broad SMARTS) is 10. The first kappa shape index (κ1) is 56.8. The molecule has 0 spiro atoms. The molecule has 0 fully saturated rings. The molecule has 0 amide bonds. The molecule has 0 aromatic carbocycles. The van der Waals surface area contributed by atoms with Crippen molar-refractivity contribution >= 4 is 59.7 Å². The Labute approximate surface area is 308 Å². The van der Waals surface area contributed by atoms with Gasteiger partial charge < -0.3 is 91.3 Å². The van der Waals surface area contributed by atoms with E-state index in [0.717, 1.165) is 0 Å². The molecule has 0 radical (unpaired) electrons. The number of rotatable bonds is 16. The number of carbonyl (C=O) groups is 10. The van der Waals surface area contributed by atoms with Crippen molar-refractivity contribution in [1.82, 2.24) is 0 Å². The van der Waals surface area contributed by atoms with Crippen molar-refractivity contribution in [2.45, 2.75) is 61.3 Å². The summed E-state index contributed by atoms with van der Waals surface area (Å²) in [4.78, 5) is 99.8. The molecule has 0 aromatic heterocycles. The second-order valence-corrected chi connectivity index (χ2v) is 8.05. The minimum atomic E-state index is -2.74. The number of aliphatic hydroxyl groups is 6. The fourth-order valence-electron chi connectivity index (χ4n) is 1.96. The smallest absolute Gasteiger partial charge is 0.547 e. The van der Waals surface area contributed by atoms with Gasteiger partial charge in [-0.3, -0.25) is 19.2 Å². The fraction of sp³-hybridized carbons (Fsp3) is 0.500. The molecule has 0 saturated carbocycles. The monoisotopic (exact) mass is 728 g/mol. The van der Waals surface area contributed by atoms with Gasteiger partial charge in [-0.2, -0.15) is 0 Å². The number of aliphatic carboxylic acids is 10. The average molecular weight is 728 g/mol. The van der Waals surface area contributed by atoms with Crippen LogP contribution < -0.4 is 69.3 Å². The number of aliphatic hydroxyl groups excluding tert-OH is 4. The van der Waals surface area contributed by atoms with Crippen LogP contribution in [-0.2, 0) is 47.9 Å². The molecule has 14 N–H and O–H groups in total. The molecule has 48 heavy (non-hydrogen) atoms. The Morgan fingerprint density at radius 3 is 0.667 bits per heavy atom. The Kier molecular flexibility index (Phi) is 31.2. The largest absolute Gasteiger partial charge is 1.00 e. The molecule has 0 aliphatic carbocycles. The molecule has 0 heterocycles. The van der Waals surface area contributed by atoms with Crippen LogP contribution in [0.2, 0.25) is 0 Å². The van der Waals surface area contributed by atoms with E-state index in [1.54, 1.807) is 0 Å². The fourth-order valence-corrected chi connectivity index (χ4v) is 1.96. The Bertz CT molecular complexity index is 994. The molecule has 0 aromatic rings. The molecule has 264 valence electrons. The van der Waals surface area contributed by atoms with Crippen LogP contribution >= 0.6 is 0 Å². The molecule has 28 heteroatoms. The molecule has 0 aliphatic rings. The summed E-state index contributed by atoms with van der Waals surface area (Å²) in [6, 6.07) is 0. The predicted octanol–water partition coefficient (Wildman–Crippen LogP) is -15.4. The van der Waals surface area contributed by atoms with Crippen LogP contribution in [0.4, 0.5) is 0 Å². The van der Waals surface area contributed by atoms with Gasteiger partial charge in [-0.15, -0.1) is 0 Å². The summed E-state index contributed by atoms with van der Waals surface area (Å²) in [7, 11) is 0. The summed E-state index contributed by atoms with van der Waals surface area (Å²) in [6.07, 6.45) is -14.0. The van der Waals surface area contributed by atoms with Gasteiger partial charge in [-0.05, 0) is 0 Å². The van der Waals surface area contributed by atoms with Crippen LogP contribution in [0.15, 0.2) is 0 Å². The minimum absolute atomic E-state index is 0. The average Bonchev–Trinajstić information content (AvgIpc) is 2.85. The van der Waals surface area contributed by atoms with Gasteiger partial charge in [0.05, 0.1) is 37.6 Å².